The summed E-state index contributed by atoms with van der Waals surface area (Å²) in [6.07, 6.45) is 6.77. The Morgan fingerprint density at radius 1 is 1.28 bits per heavy atom. The number of H-pyrrole nitrogens is 1. The fourth-order valence-corrected chi connectivity index (χ4v) is 3.94. The highest BCUT2D eigenvalue weighted by atomic mass is 19.1. The summed E-state index contributed by atoms with van der Waals surface area (Å²) in [5.74, 6) is -0.543. The number of benzene rings is 1. The summed E-state index contributed by atoms with van der Waals surface area (Å²) in [6, 6.07) is 7.49. The summed E-state index contributed by atoms with van der Waals surface area (Å²) in [5, 5.41) is 2.94. The van der Waals surface area contributed by atoms with Crippen LogP contribution in [0.15, 0.2) is 41.3 Å². The molecule has 1 aliphatic heterocycles. The number of carbonyl (C=O) groups excluding carboxylic acids is 1. The number of nitrogens with one attached hydrogen (secondary N) is 2. The topological polar surface area (TPSA) is 91.0 Å². The van der Waals surface area contributed by atoms with E-state index in [0.717, 1.165) is 31.4 Å². The molecule has 1 saturated carbocycles. The van der Waals surface area contributed by atoms with Crippen molar-refractivity contribution in [3.63, 3.8) is 0 Å². The lowest BCUT2D eigenvalue weighted by Crippen LogP contribution is -2.28. The van der Waals surface area contributed by atoms with Crippen LogP contribution in [0, 0.1) is 12.7 Å². The van der Waals surface area contributed by atoms with Crippen molar-refractivity contribution >= 4 is 22.5 Å². The summed E-state index contributed by atoms with van der Waals surface area (Å²) in [4.78, 5) is 37.2. The van der Waals surface area contributed by atoms with Crippen LogP contribution in [0.1, 0.15) is 46.6 Å². The monoisotopic (exact) mass is 433 g/mol. The van der Waals surface area contributed by atoms with E-state index < -0.39 is 5.82 Å². The molecule has 0 spiro atoms. The van der Waals surface area contributed by atoms with E-state index in [9.17, 15) is 14.0 Å². The molecule has 2 N–H and O–H groups in total. The van der Waals surface area contributed by atoms with Gasteiger partial charge in [-0.15, -0.1) is 0 Å². The Balaban J connectivity index is 1.26. The van der Waals surface area contributed by atoms with Crippen LogP contribution < -0.4 is 10.9 Å². The number of aromatic nitrogens is 3. The molecular weight excluding hydrogens is 409 g/mol. The first-order valence-electron chi connectivity index (χ1n) is 10.8. The van der Waals surface area contributed by atoms with Crippen LogP contribution in [0.25, 0.3) is 16.6 Å². The largest absolute Gasteiger partial charge is 0.348 e. The van der Waals surface area contributed by atoms with Gasteiger partial charge in [-0.3, -0.25) is 19.5 Å². The number of amides is 1. The number of aryl methyl sites for hydroxylation is 1. The van der Waals surface area contributed by atoms with Gasteiger partial charge in [-0.05, 0) is 49.5 Å². The van der Waals surface area contributed by atoms with Gasteiger partial charge in [-0.25, -0.2) is 9.37 Å². The summed E-state index contributed by atoms with van der Waals surface area (Å²) in [6.45, 7) is 3.50. The summed E-state index contributed by atoms with van der Waals surface area (Å²) in [7, 11) is 0. The predicted octanol–water partition coefficient (Wildman–Crippen LogP) is 2.95. The van der Waals surface area contributed by atoms with Gasteiger partial charge in [0.2, 0.25) is 0 Å². The Labute approximate surface area is 184 Å². The molecule has 3 heterocycles. The van der Waals surface area contributed by atoms with Crippen molar-refractivity contribution in [2.45, 2.75) is 38.8 Å². The van der Waals surface area contributed by atoms with Gasteiger partial charge in [0, 0.05) is 37.4 Å². The zero-order chi connectivity index (χ0) is 22.2. The van der Waals surface area contributed by atoms with Gasteiger partial charge < -0.3 is 10.3 Å². The number of hydrogen-bond acceptors (Lipinski definition) is 5. The van der Waals surface area contributed by atoms with E-state index in [-0.39, 0.29) is 17.0 Å². The molecule has 8 heteroatoms. The average molecular weight is 433 g/mol. The third-order valence-corrected chi connectivity index (χ3v) is 6.02. The lowest BCUT2D eigenvalue weighted by molar-refractivity contribution is 0.0946. The zero-order valence-corrected chi connectivity index (χ0v) is 17.8. The van der Waals surface area contributed by atoms with Gasteiger partial charge in [0.15, 0.2) is 5.82 Å². The lowest BCUT2D eigenvalue weighted by Gasteiger charge is -2.26. The number of fused-ring (bicyclic) bond motifs is 1. The van der Waals surface area contributed by atoms with Crippen molar-refractivity contribution < 1.29 is 9.18 Å². The number of carbonyl (C=O) groups is 1. The molecule has 0 saturated heterocycles. The molecule has 1 aromatic carbocycles. The number of hydrogen-bond donors (Lipinski definition) is 2. The molecule has 0 unspecified atom stereocenters. The lowest BCUT2D eigenvalue weighted by atomic mass is 10.0. The van der Waals surface area contributed by atoms with Crippen LogP contribution in [0.4, 0.5) is 4.39 Å². The molecule has 32 heavy (non-hydrogen) atoms. The van der Waals surface area contributed by atoms with Crippen LogP contribution in [0.2, 0.25) is 0 Å². The van der Waals surface area contributed by atoms with E-state index in [4.69, 9.17) is 0 Å². The van der Waals surface area contributed by atoms with Crippen molar-refractivity contribution in [3.8, 4) is 0 Å². The average Bonchev–Trinajstić information content (AvgIpc) is 3.62. The van der Waals surface area contributed by atoms with Crippen LogP contribution in [0.5, 0.6) is 0 Å². The molecule has 3 aromatic rings. The van der Waals surface area contributed by atoms with Crippen molar-refractivity contribution in [1.29, 1.82) is 0 Å². The maximum absolute atomic E-state index is 15.0. The Morgan fingerprint density at radius 2 is 2.12 bits per heavy atom. The molecule has 0 atom stereocenters. The second-order valence-electron chi connectivity index (χ2n) is 8.48. The molecule has 1 aliphatic carbocycles. The zero-order valence-electron chi connectivity index (χ0n) is 17.8. The highest BCUT2D eigenvalue weighted by Gasteiger charge is 2.24. The first-order valence-corrected chi connectivity index (χ1v) is 10.8. The Kier molecular flexibility index (Phi) is 5.30. The second-order valence-corrected chi connectivity index (χ2v) is 8.48. The molecule has 2 aliphatic rings. The standard InChI is InChI=1S/C24H24FN5O2/c1-14-23(31)29-22-19(27-14)6-3-17(21(22)25)13-30-10-8-15(9-11-30)16-2-7-20(26-12-16)24(32)28-18-4-5-18/h2-3,6-8,12,18H,4-5,9-11,13H2,1H3,(H,28,32)(H,29,31). The normalized spacial score (nSPS) is 16.8. The van der Waals surface area contributed by atoms with Gasteiger partial charge in [-0.1, -0.05) is 18.2 Å². The van der Waals surface area contributed by atoms with Gasteiger partial charge in [0.05, 0.1) is 5.52 Å². The highest BCUT2D eigenvalue weighted by Crippen LogP contribution is 2.25. The minimum atomic E-state index is -0.425. The van der Waals surface area contributed by atoms with E-state index in [1.54, 1.807) is 31.3 Å². The highest BCUT2D eigenvalue weighted by molar-refractivity contribution is 5.92. The number of nitrogens with zero attached hydrogens (tertiary/aromatic N) is 3. The first-order chi connectivity index (χ1) is 15.5. The minimum Gasteiger partial charge on any atom is -0.348 e. The van der Waals surface area contributed by atoms with E-state index >= 15 is 0 Å². The van der Waals surface area contributed by atoms with Crippen molar-refractivity contribution in [2.24, 2.45) is 0 Å². The van der Waals surface area contributed by atoms with Gasteiger partial charge in [0.25, 0.3) is 11.5 Å². The molecule has 5 rings (SSSR count). The summed E-state index contributed by atoms with van der Waals surface area (Å²) in [5.41, 5.74) is 3.70. The SMILES string of the molecule is Cc1nc2ccc(CN3CC=C(c4ccc(C(=O)NC5CC5)nc4)CC3)c(F)c2[nH]c1=O. The number of aromatic amines is 1. The third-order valence-electron chi connectivity index (χ3n) is 6.02. The van der Waals surface area contributed by atoms with Crippen LogP contribution in [-0.4, -0.2) is 44.9 Å². The van der Waals surface area contributed by atoms with E-state index in [1.165, 1.54) is 5.57 Å². The second kappa shape index (κ2) is 8.27. The van der Waals surface area contributed by atoms with E-state index in [1.807, 2.05) is 6.07 Å². The molecular formula is C24H24FN5O2. The first kappa shape index (κ1) is 20.5. The molecule has 0 radical (unpaired) electrons. The van der Waals surface area contributed by atoms with Gasteiger partial charge in [0.1, 0.15) is 16.9 Å². The third kappa shape index (κ3) is 4.18. The van der Waals surface area contributed by atoms with Crippen LogP contribution in [0.3, 0.4) is 0 Å². The molecule has 0 bridgehead atoms. The summed E-state index contributed by atoms with van der Waals surface area (Å²) >= 11 is 0. The molecule has 164 valence electrons. The number of pyridine rings is 1. The van der Waals surface area contributed by atoms with Gasteiger partial charge in [-0.2, -0.15) is 0 Å². The number of rotatable bonds is 5. The van der Waals surface area contributed by atoms with Crippen molar-refractivity contribution in [3.05, 3.63) is 75.2 Å². The van der Waals surface area contributed by atoms with E-state index in [2.05, 4.69) is 31.2 Å². The maximum atomic E-state index is 15.0. The van der Waals surface area contributed by atoms with Crippen molar-refractivity contribution in [1.82, 2.24) is 25.2 Å². The quantitative estimate of drug-likeness (QED) is 0.646. The maximum Gasteiger partial charge on any atom is 0.270 e. The van der Waals surface area contributed by atoms with E-state index in [0.29, 0.717) is 41.6 Å². The number of halogens is 1. The Morgan fingerprint density at radius 3 is 2.81 bits per heavy atom. The van der Waals surface area contributed by atoms with Crippen LogP contribution >= 0.6 is 0 Å². The molecule has 1 amide bonds. The summed E-state index contributed by atoms with van der Waals surface area (Å²) < 4.78 is 15.0. The predicted molar refractivity (Wildman–Crippen MR) is 120 cm³/mol. The van der Waals surface area contributed by atoms with Crippen molar-refractivity contribution in [2.75, 3.05) is 13.1 Å². The fraction of sp³-hybridized carbons (Fsp3) is 0.333. The minimum absolute atomic E-state index is 0.119. The molecule has 7 nitrogen and oxygen atoms in total. The van der Waals surface area contributed by atoms with Gasteiger partial charge >= 0.3 is 0 Å². The molecule has 1 fully saturated rings. The fourth-order valence-electron chi connectivity index (χ4n) is 3.94. The Bertz CT molecular complexity index is 1280. The Hall–Kier alpha value is -3.39. The smallest absolute Gasteiger partial charge is 0.270 e. The van der Waals surface area contributed by atoms with Crippen LogP contribution in [-0.2, 0) is 6.54 Å². The molecule has 2 aromatic heterocycles.